The summed E-state index contributed by atoms with van der Waals surface area (Å²) in [5.74, 6) is -1.32. The third-order valence-corrected chi connectivity index (χ3v) is 5.70. The molecule has 1 amide bonds. The van der Waals surface area contributed by atoms with Crippen molar-refractivity contribution in [2.45, 2.75) is 32.7 Å². The molecule has 4 rings (SSSR count). The smallest absolute Gasteiger partial charge is 0.253 e. The van der Waals surface area contributed by atoms with Crippen molar-refractivity contribution in [1.82, 2.24) is 30.0 Å². The number of aromatic nitrogens is 4. The Labute approximate surface area is 185 Å². The quantitative estimate of drug-likeness (QED) is 0.623. The molecule has 32 heavy (non-hydrogen) atoms. The summed E-state index contributed by atoms with van der Waals surface area (Å²) in [6, 6.07) is 11.4. The minimum absolute atomic E-state index is 0.0248. The molecule has 3 aromatic rings. The highest BCUT2D eigenvalue weighted by Gasteiger charge is 2.24. The Morgan fingerprint density at radius 3 is 2.28 bits per heavy atom. The second-order valence-corrected chi connectivity index (χ2v) is 9.00. The van der Waals surface area contributed by atoms with E-state index in [9.17, 15) is 13.6 Å². The van der Waals surface area contributed by atoms with Gasteiger partial charge >= 0.3 is 0 Å². The van der Waals surface area contributed by atoms with E-state index in [1.54, 1.807) is 0 Å². The van der Waals surface area contributed by atoms with Gasteiger partial charge in [-0.25, -0.2) is 8.78 Å². The zero-order valence-electron chi connectivity index (χ0n) is 18.4. The molecule has 168 valence electrons. The molecule has 0 bridgehead atoms. The fourth-order valence-electron chi connectivity index (χ4n) is 3.73. The first-order valence-corrected chi connectivity index (χ1v) is 10.6. The highest BCUT2D eigenvalue weighted by atomic mass is 19.2. The van der Waals surface area contributed by atoms with Crippen molar-refractivity contribution in [1.29, 1.82) is 0 Å². The van der Waals surface area contributed by atoms with Crippen LogP contribution in [0.2, 0.25) is 0 Å². The second kappa shape index (κ2) is 8.74. The lowest BCUT2D eigenvalue weighted by Crippen LogP contribution is -2.48. The molecule has 0 atom stereocenters. The van der Waals surface area contributed by atoms with Crippen LogP contribution in [-0.4, -0.2) is 62.1 Å². The summed E-state index contributed by atoms with van der Waals surface area (Å²) in [6.45, 7) is 9.38. The molecule has 2 aromatic carbocycles. The molecule has 0 spiro atoms. The summed E-state index contributed by atoms with van der Waals surface area (Å²) in [5, 5.41) is 11.6. The Morgan fingerprint density at radius 2 is 1.66 bits per heavy atom. The van der Waals surface area contributed by atoms with E-state index in [1.807, 2.05) is 29.2 Å². The van der Waals surface area contributed by atoms with Crippen LogP contribution in [0.4, 0.5) is 8.78 Å². The summed E-state index contributed by atoms with van der Waals surface area (Å²) in [7, 11) is 0. The van der Waals surface area contributed by atoms with Crippen LogP contribution in [0, 0.1) is 11.6 Å². The predicted octanol–water partition coefficient (Wildman–Crippen LogP) is 3.20. The number of amides is 1. The van der Waals surface area contributed by atoms with Gasteiger partial charge in [0, 0.05) is 37.8 Å². The summed E-state index contributed by atoms with van der Waals surface area (Å²) in [5.41, 5.74) is 2.28. The van der Waals surface area contributed by atoms with Gasteiger partial charge in [-0.05, 0) is 45.7 Å². The topological polar surface area (TPSA) is 67.2 Å². The number of carbonyl (C=O) groups is 1. The van der Waals surface area contributed by atoms with Crippen molar-refractivity contribution in [2.75, 3.05) is 26.2 Å². The van der Waals surface area contributed by atoms with E-state index in [4.69, 9.17) is 0 Å². The number of carbonyl (C=O) groups excluding carboxylic acids is 1. The number of rotatable bonds is 4. The van der Waals surface area contributed by atoms with Gasteiger partial charge in [-0.2, -0.15) is 4.68 Å². The van der Waals surface area contributed by atoms with Crippen LogP contribution in [0.3, 0.4) is 0 Å². The third kappa shape index (κ3) is 4.67. The van der Waals surface area contributed by atoms with Crippen LogP contribution in [0.25, 0.3) is 5.69 Å². The Hall–Kier alpha value is -3.20. The molecule has 1 fully saturated rings. The highest BCUT2D eigenvalue weighted by Crippen LogP contribution is 2.23. The molecule has 1 saturated heterocycles. The minimum Gasteiger partial charge on any atom is -0.336 e. The van der Waals surface area contributed by atoms with Crippen LogP contribution >= 0.6 is 0 Å². The molecule has 1 aliphatic rings. The van der Waals surface area contributed by atoms with Gasteiger partial charge in [0.05, 0.1) is 12.2 Å². The van der Waals surface area contributed by atoms with Crippen molar-refractivity contribution in [3.8, 4) is 5.69 Å². The zero-order valence-corrected chi connectivity index (χ0v) is 18.4. The molecule has 0 N–H and O–H groups in total. The molecule has 0 aliphatic carbocycles. The van der Waals surface area contributed by atoms with Crippen molar-refractivity contribution in [3.63, 3.8) is 0 Å². The molecule has 0 saturated carbocycles. The van der Waals surface area contributed by atoms with Gasteiger partial charge in [-0.1, -0.05) is 32.9 Å². The average molecular weight is 440 g/mol. The lowest BCUT2D eigenvalue weighted by Gasteiger charge is -2.34. The molecule has 2 heterocycles. The third-order valence-electron chi connectivity index (χ3n) is 5.70. The predicted molar refractivity (Wildman–Crippen MR) is 115 cm³/mol. The van der Waals surface area contributed by atoms with E-state index in [0.717, 1.165) is 12.1 Å². The maximum Gasteiger partial charge on any atom is 0.253 e. The lowest BCUT2D eigenvalue weighted by atomic mass is 9.86. The summed E-state index contributed by atoms with van der Waals surface area (Å²) >= 11 is 0. The van der Waals surface area contributed by atoms with Gasteiger partial charge in [-0.15, -0.1) is 5.10 Å². The Bertz CT molecular complexity index is 1100. The van der Waals surface area contributed by atoms with Crippen molar-refractivity contribution >= 4 is 5.91 Å². The monoisotopic (exact) mass is 440 g/mol. The van der Waals surface area contributed by atoms with Gasteiger partial charge < -0.3 is 4.90 Å². The van der Waals surface area contributed by atoms with E-state index in [2.05, 4.69) is 41.2 Å². The number of hydrogen-bond acceptors (Lipinski definition) is 5. The second-order valence-electron chi connectivity index (χ2n) is 9.00. The van der Waals surface area contributed by atoms with E-state index in [1.165, 1.54) is 16.3 Å². The van der Waals surface area contributed by atoms with Gasteiger partial charge in [0.2, 0.25) is 0 Å². The highest BCUT2D eigenvalue weighted by molar-refractivity contribution is 5.94. The number of halogens is 2. The van der Waals surface area contributed by atoms with Crippen LogP contribution in [0.5, 0.6) is 0 Å². The Morgan fingerprint density at radius 1 is 0.969 bits per heavy atom. The molecule has 1 aromatic heterocycles. The number of tetrazole rings is 1. The standard InChI is InChI=1S/C23H26F2N6O/c1-23(2,3)17-6-4-16(5-7-17)22(32)30-12-10-29(11-13-30)15-21-26-27-28-31(21)18-8-9-19(24)20(25)14-18/h4-9,14H,10-13,15H2,1-3H3. The first-order valence-electron chi connectivity index (χ1n) is 10.6. The number of benzene rings is 2. The van der Waals surface area contributed by atoms with E-state index >= 15 is 0 Å². The molecule has 9 heteroatoms. The van der Waals surface area contributed by atoms with Crippen LogP contribution in [-0.2, 0) is 12.0 Å². The minimum atomic E-state index is -0.952. The fourth-order valence-corrected chi connectivity index (χ4v) is 3.73. The Balaban J connectivity index is 1.37. The zero-order chi connectivity index (χ0) is 22.9. The summed E-state index contributed by atoms with van der Waals surface area (Å²) in [4.78, 5) is 16.9. The van der Waals surface area contributed by atoms with Gasteiger partial charge in [0.1, 0.15) is 0 Å². The largest absolute Gasteiger partial charge is 0.336 e. The lowest BCUT2D eigenvalue weighted by molar-refractivity contribution is 0.0624. The number of nitrogens with zero attached hydrogens (tertiary/aromatic N) is 6. The number of hydrogen-bond donors (Lipinski definition) is 0. The molecule has 0 radical (unpaired) electrons. The van der Waals surface area contributed by atoms with Crippen LogP contribution in [0.15, 0.2) is 42.5 Å². The summed E-state index contributed by atoms with van der Waals surface area (Å²) < 4.78 is 28.2. The van der Waals surface area contributed by atoms with E-state index in [0.29, 0.717) is 49.8 Å². The van der Waals surface area contributed by atoms with Gasteiger partial charge in [0.15, 0.2) is 17.5 Å². The first kappa shape index (κ1) is 22.0. The molecule has 7 nitrogen and oxygen atoms in total. The van der Waals surface area contributed by atoms with Crippen LogP contribution < -0.4 is 0 Å². The van der Waals surface area contributed by atoms with Crippen molar-refractivity contribution in [2.24, 2.45) is 0 Å². The maximum atomic E-state index is 13.6. The normalized spacial score (nSPS) is 15.2. The fraction of sp³-hybridized carbons (Fsp3) is 0.391. The molecular weight excluding hydrogens is 414 g/mol. The molecular formula is C23H26F2N6O. The van der Waals surface area contributed by atoms with Crippen molar-refractivity contribution < 1.29 is 13.6 Å². The van der Waals surface area contributed by atoms with Crippen molar-refractivity contribution in [3.05, 3.63) is 71.1 Å². The first-order chi connectivity index (χ1) is 15.2. The van der Waals surface area contributed by atoms with E-state index < -0.39 is 11.6 Å². The van der Waals surface area contributed by atoms with E-state index in [-0.39, 0.29) is 11.3 Å². The Kier molecular flexibility index (Phi) is 6.01. The molecule has 1 aliphatic heterocycles. The summed E-state index contributed by atoms with van der Waals surface area (Å²) in [6.07, 6.45) is 0. The maximum absolute atomic E-state index is 13.6. The molecule has 0 unspecified atom stereocenters. The van der Waals surface area contributed by atoms with Crippen LogP contribution in [0.1, 0.15) is 42.5 Å². The van der Waals surface area contributed by atoms with Gasteiger partial charge in [-0.3, -0.25) is 9.69 Å². The number of piperazine rings is 1. The van der Waals surface area contributed by atoms with Gasteiger partial charge in [0.25, 0.3) is 5.91 Å². The average Bonchev–Trinajstić information content (AvgIpc) is 3.23. The SMILES string of the molecule is CC(C)(C)c1ccc(C(=O)N2CCN(Cc3nnnn3-c3ccc(F)c(F)c3)CC2)cc1.